The average molecular weight is 539 g/mol. The van der Waals surface area contributed by atoms with Gasteiger partial charge in [0.15, 0.2) is 0 Å². The zero-order valence-corrected chi connectivity index (χ0v) is 22.9. The van der Waals surface area contributed by atoms with Crippen LogP contribution in [0.15, 0.2) is 77.6 Å². The highest BCUT2D eigenvalue weighted by molar-refractivity contribution is 6.30. The Morgan fingerprint density at radius 3 is 2.35 bits per heavy atom. The van der Waals surface area contributed by atoms with Gasteiger partial charge < -0.3 is 9.47 Å². The van der Waals surface area contributed by atoms with Gasteiger partial charge in [-0.05, 0) is 54.0 Å². The fourth-order valence-corrected chi connectivity index (χ4v) is 6.71. The molecule has 8 nitrogen and oxygen atoms in total. The fraction of sp³-hybridized carbons (Fsp3) is 0.375. The summed E-state index contributed by atoms with van der Waals surface area (Å²) in [5.74, 6) is -0.334. The van der Waals surface area contributed by atoms with Gasteiger partial charge in [-0.2, -0.15) is 0 Å². The molecule has 6 rings (SSSR count). The lowest BCUT2D eigenvalue weighted by atomic mass is 9.75. The van der Waals surface area contributed by atoms with Crippen molar-refractivity contribution >= 4 is 23.5 Å². The first-order valence-electron chi connectivity index (χ1n) is 14.0. The maximum atomic E-state index is 14.4. The number of nitrogens with one attached hydrogen (secondary N) is 1. The van der Waals surface area contributed by atoms with E-state index >= 15 is 0 Å². The van der Waals surface area contributed by atoms with Gasteiger partial charge in [-0.15, -0.1) is 0 Å². The molecule has 4 amide bonds. The van der Waals surface area contributed by atoms with E-state index in [1.54, 1.807) is 36.4 Å². The van der Waals surface area contributed by atoms with Crippen LogP contribution in [0.4, 0.5) is 10.5 Å². The van der Waals surface area contributed by atoms with Crippen molar-refractivity contribution in [1.82, 2.24) is 14.8 Å². The lowest BCUT2D eigenvalue weighted by Gasteiger charge is -2.47. The predicted molar refractivity (Wildman–Crippen MR) is 152 cm³/mol. The van der Waals surface area contributed by atoms with E-state index in [0.29, 0.717) is 31.2 Å². The number of benzene rings is 2. The van der Waals surface area contributed by atoms with Crippen molar-refractivity contribution in [2.75, 3.05) is 24.5 Å². The number of urea groups is 1. The number of hydrogen-bond acceptors (Lipinski definition) is 5. The highest BCUT2D eigenvalue weighted by Crippen LogP contribution is 2.39. The van der Waals surface area contributed by atoms with Crippen LogP contribution < -0.4 is 15.8 Å². The number of rotatable bonds is 6. The molecule has 0 aliphatic carbocycles. The first kappa shape index (κ1) is 26.2. The summed E-state index contributed by atoms with van der Waals surface area (Å²) < 4.78 is 1.87. The van der Waals surface area contributed by atoms with Crippen LogP contribution in [-0.4, -0.2) is 46.9 Å². The van der Waals surface area contributed by atoms with Crippen molar-refractivity contribution in [2.45, 2.75) is 45.1 Å². The summed E-state index contributed by atoms with van der Waals surface area (Å²) in [7, 11) is 0. The second-order valence-corrected chi connectivity index (χ2v) is 11.8. The van der Waals surface area contributed by atoms with Crippen molar-refractivity contribution in [1.29, 1.82) is 0 Å². The molecule has 2 fully saturated rings. The van der Waals surface area contributed by atoms with Crippen LogP contribution >= 0.6 is 0 Å². The number of para-hydroxylation sites is 1. The molecule has 1 aromatic heterocycles. The van der Waals surface area contributed by atoms with Crippen LogP contribution in [0.5, 0.6) is 0 Å². The molecule has 2 aromatic carbocycles. The molecule has 0 saturated carbocycles. The van der Waals surface area contributed by atoms with Crippen LogP contribution in [0.1, 0.15) is 48.9 Å². The van der Waals surface area contributed by atoms with E-state index in [4.69, 9.17) is 0 Å². The average Bonchev–Trinajstić information content (AvgIpc) is 2.93. The number of carbonyl (C=O) groups is 3. The molecule has 0 unspecified atom stereocenters. The Hall–Kier alpha value is -4.04. The molecule has 0 spiro atoms. The van der Waals surface area contributed by atoms with Gasteiger partial charge in [0.2, 0.25) is 5.91 Å². The van der Waals surface area contributed by atoms with E-state index in [1.165, 1.54) is 5.56 Å². The monoisotopic (exact) mass is 538 g/mol. The molecule has 206 valence electrons. The van der Waals surface area contributed by atoms with Crippen molar-refractivity contribution in [3.05, 3.63) is 100.0 Å². The third-order valence-electron chi connectivity index (χ3n) is 8.69. The lowest BCUT2D eigenvalue weighted by Crippen LogP contribution is -2.68. The van der Waals surface area contributed by atoms with Gasteiger partial charge >= 0.3 is 6.03 Å². The molecular weight excluding hydrogens is 504 g/mol. The molecule has 8 heteroatoms. The number of carbonyl (C=O) groups excluding carboxylic acids is 3. The summed E-state index contributed by atoms with van der Waals surface area (Å²) in [5.41, 5.74) is 2.00. The summed E-state index contributed by atoms with van der Waals surface area (Å²) >= 11 is 0. The summed E-state index contributed by atoms with van der Waals surface area (Å²) in [5, 5.41) is 2.52. The van der Waals surface area contributed by atoms with Gasteiger partial charge in [-0.1, -0.05) is 62.4 Å². The van der Waals surface area contributed by atoms with Gasteiger partial charge in [-0.25, -0.2) is 9.69 Å². The number of nitrogens with zero attached hydrogens (tertiary/aromatic N) is 3. The number of piperidine rings is 1. The molecule has 3 atom stereocenters. The van der Waals surface area contributed by atoms with E-state index in [1.807, 2.05) is 41.0 Å². The number of barbiturate groups is 1. The van der Waals surface area contributed by atoms with Crippen molar-refractivity contribution < 1.29 is 14.4 Å². The second kappa shape index (κ2) is 10.2. The van der Waals surface area contributed by atoms with E-state index in [0.717, 1.165) is 22.6 Å². The number of fused-ring (bicyclic) bond motifs is 4. The molecule has 2 bridgehead atoms. The predicted octanol–water partition coefficient (Wildman–Crippen LogP) is 3.90. The number of aromatic nitrogens is 1. The fourth-order valence-electron chi connectivity index (χ4n) is 6.71. The Morgan fingerprint density at radius 2 is 1.62 bits per heavy atom. The summed E-state index contributed by atoms with van der Waals surface area (Å²) in [6.07, 6.45) is 1.15. The Labute approximate surface area is 233 Å². The molecule has 3 aliphatic rings. The molecular formula is C32H34N4O4. The maximum Gasteiger partial charge on any atom is 0.335 e. The van der Waals surface area contributed by atoms with Crippen molar-refractivity contribution in [2.24, 2.45) is 11.3 Å². The third kappa shape index (κ3) is 4.56. The van der Waals surface area contributed by atoms with Crippen LogP contribution in [0.2, 0.25) is 0 Å². The van der Waals surface area contributed by atoms with E-state index in [2.05, 4.69) is 24.1 Å². The van der Waals surface area contributed by atoms with Gasteiger partial charge in [0, 0.05) is 43.9 Å². The first-order valence-corrected chi connectivity index (χ1v) is 14.0. The Bertz CT molecular complexity index is 1510. The number of anilines is 1. The topological polar surface area (TPSA) is 91.7 Å². The SMILES string of the molecule is CC(C)c1ccc(C[C@@]2(CN3C[C@@H]4C[C@H](C3)c3cccc(=O)n3C4)C(=O)NC(=O)N(c3ccccc3)C2=O)cc1. The number of pyridine rings is 1. The van der Waals surface area contributed by atoms with Gasteiger partial charge in [0.1, 0.15) is 5.41 Å². The Kier molecular flexibility index (Phi) is 6.66. The minimum Gasteiger partial charge on any atom is -0.312 e. The molecule has 3 aliphatic heterocycles. The zero-order valence-electron chi connectivity index (χ0n) is 22.9. The summed E-state index contributed by atoms with van der Waals surface area (Å²) in [6, 6.07) is 21.5. The quantitative estimate of drug-likeness (QED) is 0.481. The molecule has 0 radical (unpaired) electrons. The van der Waals surface area contributed by atoms with Gasteiger partial charge in [-0.3, -0.25) is 19.7 Å². The van der Waals surface area contributed by atoms with Crippen LogP contribution in [0.3, 0.4) is 0 Å². The molecule has 2 saturated heterocycles. The third-order valence-corrected chi connectivity index (χ3v) is 8.69. The minimum atomic E-state index is -1.49. The number of amides is 4. The number of likely N-dealkylation sites (tertiary alicyclic amines) is 1. The zero-order chi connectivity index (χ0) is 28.0. The van der Waals surface area contributed by atoms with E-state index in [9.17, 15) is 19.2 Å². The smallest absolute Gasteiger partial charge is 0.312 e. The molecule has 40 heavy (non-hydrogen) atoms. The van der Waals surface area contributed by atoms with Crippen LogP contribution in [-0.2, 0) is 22.6 Å². The highest BCUT2D eigenvalue weighted by atomic mass is 16.2. The summed E-state index contributed by atoms with van der Waals surface area (Å²) in [4.78, 5) is 57.0. The Balaban J connectivity index is 1.37. The first-order chi connectivity index (χ1) is 19.2. The van der Waals surface area contributed by atoms with Crippen LogP contribution in [0, 0.1) is 11.3 Å². The second-order valence-electron chi connectivity index (χ2n) is 11.8. The maximum absolute atomic E-state index is 14.4. The van der Waals surface area contributed by atoms with E-state index < -0.39 is 23.3 Å². The minimum absolute atomic E-state index is 0.0146. The lowest BCUT2D eigenvalue weighted by molar-refractivity contribution is -0.144. The molecule has 3 aromatic rings. The van der Waals surface area contributed by atoms with Crippen molar-refractivity contribution in [3.8, 4) is 0 Å². The number of imide groups is 2. The standard InChI is InChI=1S/C32H34N4O4/c1-21(2)24-13-11-22(12-14-24)16-32(29(38)33-31(40)36(30(32)39)26-7-4-3-5-8-26)20-34-17-23-15-25(19-34)27-9-6-10-28(37)35(27)18-23/h3-14,21,23,25H,15-20H2,1-2H3,(H,33,38,40)/t23-,25+,32+/m0/s1. The Morgan fingerprint density at radius 1 is 0.875 bits per heavy atom. The van der Waals surface area contributed by atoms with E-state index in [-0.39, 0.29) is 30.4 Å². The highest BCUT2D eigenvalue weighted by Gasteiger charge is 2.55. The van der Waals surface area contributed by atoms with Gasteiger partial charge in [0.05, 0.1) is 5.69 Å². The van der Waals surface area contributed by atoms with Crippen molar-refractivity contribution in [3.63, 3.8) is 0 Å². The summed E-state index contributed by atoms with van der Waals surface area (Å²) in [6.45, 7) is 6.36. The van der Waals surface area contributed by atoms with Gasteiger partial charge in [0.25, 0.3) is 11.5 Å². The molecule has 1 N–H and O–H groups in total. The molecule has 4 heterocycles. The normalized spacial score (nSPS) is 24.7. The van der Waals surface area contributed by atoms with Crippen LogP contribution in [0.25, 0.3) is 0 Å². The largest absolute Gasteiger partial charge is 0.335 e. The number of hydrogen-bond donors (Lipinski definition) is 1.